The SMILES string of the molecule is CCc1cc2cc(C)ccc2nc1-c1cc(C)cc(C)c1. The lowest BCUT2D eigenvalue weighted by atomic mass is 9.98. The summed E-state index contributed by atoms with van der Waals surface area (Å²) < 4.78 is 0. The van der Waals surface area contributed by atoms with Gasteiger partial charge in [-0.3, -0.25) is 0 Å². The first-order valence-electron chi connectivity index (χ1n) is 7.56. The molecule has 0 fully saturated rings. The van der Waals surface area contributed by atoms with Crippen LogP contribution >= 0.6 is 0 Å². The van der Waals surface area contributed by atoms with Gasteiger partial charge in [0.05, 0.1) is 11.2 Å². The smallest absolute Gasteiger partial charge is 0.0741 e. The molecule has 0 saturated carbocycles. The lowest BCUT2D eigenvalue weighted by Gasteiger charge is -2.11. The Morgan fingerprint density at radius 1 is 0.810 bits per heavy atom. The van der Waals surface area contributed by atoms with E-state index in [4.69, 9.17) is 4.98 Å². The van der Waals surface area contributed by atoms with Gasteiger partial charge in [-0.25, -0.2) is 4.98 Å². The highest BCUT2D eigenvalue weighted by Crippen LogP contribution is 2.28. The molecule has 2 aromatic carbocycles. The van der Waals surface area contributed by atoms with Gasteiger partial charge in [-0.1, -0.05) is 35.7 Å². The van der Waals surface area contributed by atoms with Gasteiger partial charge in [0.1, 0.15) is 0 Å². The van der Waals surface area contributed by atoms with E-state index in [0.717, 1.165) is 17.6 Å². The maximum atomic E-state index is 4.94. The number of pyridine rings is 1. The minimum Gasteiger partial charge on any atom is -0.248 e. The van der Waals surface area contributed by atoms with E-state index in [-0.39, 0.29) is 0 Å². The molecule has 0 bridgehead atoms. The summed E-state index contributed by atoms with van der Waals surface area (Å²) in [6.45, 7) is 8.62. The summed E-state index contributed by atoms with van der Waals surface area (Å²) in [5.41, 5.74) is 8.61. The van der Waals surface area contributed by atoms with Gasteiger partial charge in [0.15, 0.2) is 0 Å². The van der Waals surface area contributed by atoms with Crippen LogP contribution in [0.25, 0.3) is 22.2 Å². The topological polar surface area (TPSA) is 12.9 Å². The van der Waals surface area contributed by atoms with Crippen molar-refractivity contribution in [3.63, 3.8) is 0 Å². The summed E-state index contributed by atoms with van der Waals surface area (Å²) in [6, 6.07) is 15.4. The molecule has 1 aromatic heterocycles. The fourth-order valence-electron chi connectivity index (χ4n) is 2.97. The van der Waals surface area contributed by atoms with Crippen molar-refractivity contribution >= 4 is 10.9 Å². The van der Waals surface area contributed by atoms with Crippen molar-refractivity contribution in [1.82, 2.24) is 4.98 Å². The Morgan fingerprint density at radius 3 is 2.19 bits per heavy atom. The monoisotopic (exact) mass is 275 g/mol. The van der Waals surface area contributed by atoms with Crippen LogP contribution in [0.4, 0.5) is 0 Å². The van der Waals surface area contributed by atoms with E-state index < -0.39 is 0 Å². The maximum absolute atomic E-state index is 4.94. The van der Waals surface area contributed by atoms with E-state index in [1.807, 2.05) is 0 Å². The number of hydrogen-bond acceptors (Lipinski definition) is 1. The molecular formula is C20H21N. The average molecular weight is 275 g/mol. The van der Waals surface area contributed by atoms with E-state index in [1.165, 1.54) is 33.2 Å². The van der Waals surface area contributed by atoms with Gasteiger partial charge in [0.2, 0.25) is 0 Å². The van der Waals surface area contributed by atoms with Gasteiger partial charge < -0.3 is 0 Å². The van der Waals surface area contributed by atoms with Crippen molar-refractivity contribution in [3.05, 3.63) is 64.7 Å². The quantitative estimate of drug-likeness (QED) is 0.611. The van der Waals surface area contributed by atoms with Crippen molar-refractivity contribution in [2.75, 3.05) is 0 Å². The third kappa shape index (κ3) is 2.69. The van der Waals surface area contributed by atoms with Crippen molar-refractivity contribution in [2.24, 2.45) is 0 Å². The highest BCUT2D eigenvalue weighted by Gasteiger charge is 2.09. The van der Waals surface area contributed by atoms with E-state index >= 15 is 0 Å². The highest BCUT2D eigenvalue weighted by atomic mass is 14.7. The van der Waals surface area contributed by atoms with Crippen LogP contribution in [0.1, 0.15) is 29.2 Å². The summed E-state index contributed by atoms with van der Waals surface area (Å²) in [5.74, 6) is 0. The van der Waals surface area contributed by atoms with Crippen LogP contribution in [0.2, 0.25) is 0 Å². The van der Waals surface area contributed by atoms with Gasteiger partial charge in [-0.15, -0.1) is 0 Å². The second-order valence-corrected chi connectivity index (χ2v) is 5.92. The molecule has 3 rings (SSSR count). The molecule has 0 aliphatic rings. The van der Waals surface area contributed by atoms with Gasteiger partial charge in [0.25, 0.3) is 0 Å². The summed E-state index contributed by atoms with van der Waals surface area (Å²) >= 11 is 0. The lowest BCUT2D eigenvalue weighted by Crippen LogP contribution is -1.95. The molecule has 0 radical (unpaired) electrons. The van der Waals surface area contributed by atoms with Gasteiger partial charge in [-0.2, -0.15) is 0 Å². The highest BCUT2D eigenvalue weighted by molar-refractivity contribution is 5.84. The molecule has 3 aromatic rings. The normalized spacial score (nSPS) is 11.0. The van der Waals surface area contributed by atoms with Crippen molar-refractivity contribution in [1.29, 1.82) is 0 Å². The molecule has 0 amide bonds. The lowest BCUT2D eigenvalue weighted by molar-refractivity contribution is 1.12. The fourth-order valence-corrected chi connectivity index (χ4v) is 2.97. The standard InChI is InChI=1S/C20H21N/c1-5-16-12-17-9-13(2)6-7-19(17)21-20(16)18-10-14(3)8-15(4)11-18/h6-12H,5H2,1-4H3. The molecule has 21 heavy (non-hydrogen) atoms. The Hall–Kier alpha value is -2.15. The summed E-state index contributed by atoms with van der Waals surface area (Å²) in [4.78, 5) is 4.94. The van der Waals surface area contributed by atoms with E-state index in [9.17, 15) is 0 Å². The molecule has 0 aliphatic carbocycles. The van der Waals surface area contributed by atoms with Crippen molar-refractivity contribution < 1.29 is 0 Å². The van der Waals surface area contributed by atoms with Crippen molar-refractivity contribution in [2.45, 2.75) is 34.1 Å². The number of aryl methyl sites for hydroxylation is 4. The zero-order chi connectivity index (χ0) is 15.0. The number of hydrogen-bond donors (Lipinski definition) is 0. The number of benzene rings is 2. The van der Waals surface area contributed by atoms with Crippen molar-refractivity contribution in [3.8, 4) is 11.3 Å². The van der Waals surface area contributed by atoms with Crippen LogP contribution in [-0.2, 0) is 6.42 Å². The van der Waals surface area contributed by atoms with Gasteiger partial charge in [0, 0.05) is 10.9 Å². The molecule has 0 spiro atoms. The van der Waals surface area contributed by atoms with E-state index in [1.54, 1.807) is 0 Å². The number of nitrogens with zero attached hydrogens (tertiary/aromatic N) is 1. The minimum atomic E-state index is 0.999. The molecule has 0 unspecified atom stereocenters. The van der Waals surface area contributed by atoms with Gasteiger partial charge in [-0.05, 0) is 63.1 Å². The number of aromatic nitrogens is 1. The molecule has 0 atom stereocenters. The third-order valence-electron chi connectivity index (χ3n) is 3.93. The molecule has 0 aliphatic heterocycles. The van der Waals surface area contributed by atoms with E-state index in [2.05, 4.69) is 70.2 Å². The fraction of sp³-hybridized carbons (Fsp3) is 0.250. The van der Waals surface area contributed by atoms with Crippen LogP contribution in [0.15, 0.2) is 42.5 Å². The molecule has 1 nitrogen and oxygen atoms in total. The Labute approximate surface area is 126 Å². The van der Waals surface area contributed by atoms with Gasteiger partial charge >= 0.3 is 0 Å². The Balaban J connectivity index is 2.27. The second-order valence-electron chi connectivity index (χ2n) is 5.92. The Bertz CT molecular complexity index is 795. The minimum absolute atomic E-state index is 0.999. The molecule has 0 N–H and O–H groups in total. The molecule has 106 valence electrons. The van der Waals surface area contributed by atoms with Crippen LogP contribution < -0.4 is 0 Å². The molecule has 0 saturated heterocycles. The zero-order valence-corrected chi connectivity index (χ0v) is 13.2. The predicted molar refractivity (Wildman–Crippen MR) is 90.8 cm³/mol. The van der Waals surface area contributed by atoms with Crippen LogP contribution in [-0.4, -0.2) is 4.98 Å². The summed E-state index contributed by atoms with van der Waals surface area (Å²) in [6.07, 6.45) is 0.999. The first kappa shape index (κ1) is 13.8. The van der Waals surface area contributed by atoms with Crippen LogP contribution in [0.5, 0.6) is 0 Å². The molecule has 1 heterocycles. The summed E-state index contributed by atoms with van der Waals surface area (Å²) in [5, 5.41) is 1.24. The second kappa shape index (κ2) is 5.33. The summed E-state index contributed by atoms with van der Waals surface area (Å²) in [7, 11) is 0. The Morgan fingerprint density at radius 2 is 1.52 bits per heavy atom. The van der Waals surface area contributed by atoms with Crippen LogP contribution in [0, 0.1) is 20.8 Å². The molecule has 1 heteroatoms. The van der Waals surface area contributed by atoms with Crippen LogP contribution in [0.3, 0.4) is 0 Å². The largest absolute Gasteiger partial charge is 0.248 e. The van der Waals surface area contributed by atoms with E-state index in [0.29, 0.717) is 0 Å². The number of fused-ring (bicyclic) bond motifs is 1. The number of rotatable bonds is 2. The maximum Gasteiger partial charge on any atom is 0.0741 e. The first-order valence-corrected chi connectivity index (χ1v) is 7.56. The third-order valence-corrected chi connectivity index (χ3v) is 3.93. The Kier molecular flexibility index (Phi) is 3.50. The first-order chi connectivity index (χ1) is 10.1. The molecular weight excluding hydrogens is 254 g/mol. The zero-order valence-electron chi connectivity index (χ0n) is 13.2. The predicted octanol–water partition coefficient (Wildman–Crippen LogP) is 5.39. The average Bonchev–Trinajstić information content (AvgIpc) is 2.44.